The van der Waals surface area contributed by atoms with Crippen LogP contribution in [-0.2, 0) is 15.8 Å². The van der Waals surface area contributed by atoms with Crippen LogP contribution in [0.1, 0.15) is 11.3 Å². The molecule has 0 atom stereocenters. The molecular formula is C22H16BrF3N4O3. The quantitative estimate of drug-likeness (QED) is 0.249. The zero-order valence-electron chi connectivity index (χ0n) is 16.8. The number of anilines is 1. The lowest BCUT2D eigenvalue weighted by Crippen LogP contribution is -2.19. The molecule has 1 aromatic heterocycles. The summed E-state index contributed by atoms with van der Waals surface area (Å²) in [6, 6.07) is 11.4. The number of nitrogens with one attached hydrogen (secondary N) is 3. The molecule has 3 aromatic rings. The maximum absolute atomic E-state index is 12.9. The van der Waals surface area contributed by atoms with E-state index in [1.54, 1.807) is 18.2 Å². The number of H-pyrrole nitrogens is 1. The second kappa shape index (κ2) is 10.7. The highest BCUT2D eigenvalue weighted by atomic mass is 79.9. The molecule has 0 aliphatic heterocycles. The van der Waals surface area contributed by atoms with Gasteiger partial charge in [0.05, 0.1) is 18.4 Å². The summed E-state index contributed by atoms with van der Waals surface area (Å²) in [5.74, 6) is 4.73. The number of ether oxygens (including phenoxy) is 1. The highest BCUT2D eigenvalue weighted by molar-refractivity contribution is 9.10. The molecule has 3 rings (SSSR count). The van der Waals surface area contributed by atoms with Gasteiger partial charge in [-0.1, -0.05) is 27.9 Å². The standard InChI is InChI=1S/C22H16BrF3N4O3/c23-16-3-1-2-14(10-16)4-7-20(32)29-17-11-15(5-6-18(17)33-9-8-27-13-31)21-28-12-19(30-21)22(24,25)26/h1-3,5-6,10-13H,8-9H2,(H,27,31)(H,28,30)(H,29,32). The fourth-order valence-corrected chi connectivity index (χ4v) is 3.04. The number of aromatic nitrogens is 2. The molecule has 3 N–H and O–H groups in total. The van der Waals surface area contributed by atoms with Crippen LogP contribution in [0.3, 0.4) is 0 Å². The number of hydrogen-bond donors (Lipinski definition) is 3. The monoisotopic (exact) mass is 520 g/mol. The third kappa shape index (κ3) is 6.85. The number of aromatic amines is 1. The van der Waals surface area contributed by atoms with E-state index in [0.29, 0.717) is 23.7 Å². The molecule has 2 aromatic carbocycles. The van der Waals surface area contributed by atoms with Gasteiger partial charge in [-0.3, -0.25) is 9.59 Å². The summed E-state index contributed by atoms with van der Waals surface area (Å²) in [4.78, 5) is 28.8. The molecule has 7 nitrogen and oxygen atoms in total. The highest BCUT2D eigenvalue weighted by Crippen LogP contribution is 2.32. The van der Waals surface area contributed by atoms with Crippen LogP contribution in [0.2, 0.25) is 0 Å². The van der Waals surface area contributed by atoms with Crippen molar-refractivity contribution in [2.24, 2.45) is 0 Å². The van der Waals surface area contributed by atoms with Gasteiger partial charge in [-0.25, -0.2) is 4.98 Å². The van der Waals surface area contributed by atoms with Crippen molar-refractivity contribution in [2.45, 2.75) is 6.18 Å². The van der Waals surface area contributed by atoms with Crippen LogP contribution in [0.4, 0.5) is 18.9 Å². The molecule has 2 amide bonds. The molecule has 0 saturated carbocycles. The zero-order chi connectivity index (χ0) is 23.8. The first-order valence-corrected chi connectivity index (χ1v) is 10.2. The zero-order valence-corrected chi connectivity index (χ0v) is 18.4. The fourth-order valence-electron chi connectivity index (χ4n) is 2.64. The van der Waals surface area contributed by atoms with Gasteiger partial charge in [0, 0.05) is 21.5 Å². The van der Waals surface area contributed by atoms with Crippen LogP contribution in [0.5, 0.6) is 5.75 Å². The van der Waals surface area contributed by atoms with E-state index in [-0.39, 0.29) is 30.4 Å². The third-order valence-corrected chi connectivity index (χ3v) is 4.61. The molecule has 170 valence electrons. The number of alkyl halides is 3. The van der Waals surface area contributed by atoms with E-state index >= 15 is 0 Å². The van der Waals surface area contributed by atoms with E-state index in [9.17, 15) is 22.8 Å². The van der Waals surface area contributed by atoms with Crippen LogP contribution in [0.25, 0.3) is 11.4 Å². The summed E-state index contributed by atoms with van der Waals surface area (Å²) >= 11 is 3.32. The van der Waals surface area contributed by atoms with Crippen LogP contribution < -0.4 is 15.4 Å². The molecule has 0 saturated heterocycles. The van der Waals surface area contributed by atoms with E-state index in [1.807, 2.05) is 6.07 Å². The Kier molecular flexibility index (Phi) is 7.74. The van der Waals surface area contributed by atoms with Crippen molar-refractivity contribution in [3.05, 3.63) is 64.4 Å². The molecule has 0 aliphatic carbocycles. The van der Waals surface area contributed by atoms with Gasteiger partial charge in [0.2, 0.25) is 6.41 Å². The molecule has 0 fully saturated rings. The molecule has 1 heterocycles. The summed E-state index contributed by atoms with van der Waals surface area (Å²) in [6.07, 6.45) is -3.37. The Bertz CT molecular complexity index is 1220. The molecule has 0 spiro atoms. The summed E-state index contributed by atoms with van der Waals surface area (Å²) < 4.78 is 45.0. The SMILES string of the molecule is O=CNCCOc1ccc(-c2ncc(C(F)(F)F)[nH]2)cc1NC(=O)C#Cc1cccc(Br)c1. The van der Waals surface area contributed by atoms with Crippen LogP contribution in [0.15, 0.2) is 53.1 Å². The number of benzene rings is 2. The van der Waals surface area contributed by atoms with Gasteiger partial charge < -0.3 is 20.4 Å². The summed E-state index contributed by atoms with van der Waals surface area (Å²) in [5.41, 5.74) is 0.0828. The smallest absolute Gasteiger partial charge is 0.432 e. The van der Waals surface area contributed by atoms with Gasteiger partial charge in [0.25, 0.3) is 0 Å². The third-order valence-electron chi connectivity index (χ3n) is 4.11. The minimum Gasteiger partial charge on any atom is -0.490 e. The Morgan fingerprint density at radius 1 is 1.24 bits per heavy atom. The molecule has 0 bridgehead atoms. The second-order valence-electron chi connectivity index (χ2n) is 6.49. The number of carbonyl (C=O) groups is 2. The summed E-state index contributed by atoms with van der Waals surface area (Å²) in [7, 11) is 0. The van der Waals surface area contributed by atoms with Crippen molar-refractivity contribution in [3.63, 3.8) is 0 Å². The molecule has 0 unspecified atom stereocenters. The van der Waals surface area contributed by atoms with Gasteiger partial charge in [-0.15, -0.1) is 0 Å². The van der Waals surface area contributed by atoms with Gasteiger partial charge in [0.15, 0.2) is 0 Å². The lowest BCUT2D eigenvalue weighted by molar-refractivity contribution is -0.140. The van der Waals surface area contributed by atoms with Crippen molar-refractivity contribution in [3.8, 4) is 29.0 Å². The van der Waals surface area contributed by atoms with E-state index in [2.05, 4.69) is 48.4 Å². The first kappa shape index (κ1) is 23.9. The number of halogens is 4. The highest BCUT2D eigenvalue weighted by Gasteiger charge is 2.33. The van der Waals surface area contributed by atoms with E-state index in [0.717, 1.165) is 4.47 Å². The predicted molar refractivity (Wildman–Crippen MR) is 118 cm³/mol. The first-order valence-electron chi connectivity index (χ1n) is 9.41. The van der Waals surface area contributed by atoms with Crippen molar-refractivity contribution in [2.75, 3.05) is 18.5 Å². The van der Waals surface area contributed by atoms with Crippen molar-refractivity contribution < 1.29 is 27.5 Å². The average molecular weight is 521 g/mol. The normalized spacial score (nSPS) is 10.7. The average Bonchev–Trinajstić information content (AvgIpc) is 3.27. The number of rotatable bonds is 7. The van der Waals surface area contributed by atoms with Gasteiger partial charge in [-0.05, 0) is 36.4 Å². The topological polar surface area (TPSA) is 96.1 Å². The lowest BCUT2D eigenvalue weighted by Gasteiger charge is -2.12. The van der Waals surface area contributed by atoms with Gasteiger partial charge in [-0.2, -0.15) is 13.2 Å². The Morgan fingerprint density at radius 3 is 2.76 bits per heavy atom. The second-order valence-corrected chi connectivity index (χ2v) is 7.40. The number of carbonyl (C=O) groups excluding carboxylic acids is 2. The minimum atomic E-state index is -4.57. The fraction of sp³-hybridized carbons (Fsp3) is 0.136. The predicted octanol–water partition coefficient (Wildman–Crippen LogP) is 3.97. The lowest BCUT2D eigenvalue weighted by atomic mass is 10.1. The van der Waals surface area contributed by atoms with Crippen LogP contribution in [-0.4, -0.2) is 35.4 Å². The van der Waals surface area contributed by atoms with Gasteiger partial charge >= 0.3 is 12.1 Å². The van der Waals surface area contributed by atoms with E-state index in [4.69, 9.17) is 4.74 Å². The summed E-state index contributed by atoms with van der Waals surface area (Å²) in [5, 5.41) is 5.02. The summed E-state index contributed by atoms with van der Waals surface area (Å²) in [6.45, 7) is 0.318. The minimum absolute atomic E-state index is 0.0350. The first-order chi connectivity index (χ1) is 15.8. The Morgan fingerprint density at radius 2 is 2.06 bits per heavy atom. The number of nitrogens with zero attached hydrogens (tertiary/aromatic N) is 1. The molecule has 33 heavy (non-hydrogen) atoms. The Balaban J connectivity index is 1.85. The Labute approximate surface area is 194 Å². The van der Waals surface area contributed by atoms with Crippen molar-refractivity contribution in [1.29, 1.82) is 0 Å². The number of hydrogen-bond acceptors (Lipinski definition) is 4. The maximum atomic E-state index is 12.9. The molecular weight excluding hydrogens is 505 g/mol. The molecule has 0 aliphatic rings. The van der Waals surface area contributed by atoms with Crippen LogP contribution in [0, 0.1) is 11.8 Å². The van der Waals surface area contributed by atoms with Crippen LogP contribution >= 0.6 is 15.9 Å². The van der Waals surface area contributed by atoms with E-state index in [1.165, 1.54) is 18.2 Å². The Hall–Kier alpha value is -3.78. The molecule has 0 radical (unpaired) electrons. The van der Waals surface area contributed by atoms with Gasteiger partial charge in [0.1, 0.15) is 23.9 Å². The van der Waals surface area contributed by atoms with E-state index < -0.39 is 17.8 Å². The van der Waals surface area contributed by atoms with Crippen molar-refractivity contribution in [1.82, 2.24) is 15.3 Å². The molecule has 11 heteroatoms. The maximum Gasteiger partial charge on any atom is 0.432 e. The number of amides is 2. The largest absolute Gasteiger partial charge is 0.490 e. The van der Waals surface area contributed by atoms with Crippen molar-refractivity contribution >= 4 is 33.9 Å². The number of imidazole rings is 1.